The van der Waals surface area contributed by atoms with Gasteiger partial charge in [0.15, 0.2) is 11.5 Å². The SMILES string of the molecule is Cn1nnc(C(=O)P)c1N. The molecule has 1 aromatic heterocycles. The minimum absolute atomic E-state index is 0.201. The molecule has 1 heterocycles. The van der Waals surface area contributed by atoms with Crippen LogP contribution in [0.25, 0.3) is 0 Å². The second-order valence-corrected chi connectivity index (χ2v) is 2.34. The molecule has 0 saturated carbocycles. The topological polar surface area (TPSA) is 73.8 Å². The molecule has 1 rings (SSSR count). The van der Waals surface area contributed by atoms with E-state index in [1.807, 2.05) is 9.24 Å². The van der Waals surface area contributed by atoms with Gasteiger partial charge in [-0.25, -0.2) is 4.68 Å². The number of rotatable bonds is 1. The summed E-state index contributed by atoms with van der Waals surface area (Å²) in [6.45, 7) is 0. The summed E-state index contributed by atoms with van der Waals surface area (Å²) in [6, 6.07) is 0. The van der Waals surface area contributed by atoms with Crippen molar-refractivity contribution >= 4 is 20.6 Å². The lowest BCUT2D eigenvalue weighted by atomic mass is 10.5. The molecule has 5 nitrogen and oxygen atoms in total. The maximum atomic E-state index is 10.6. The highest BCUT2D eigenvalue weighted by molar-refractivity contribution is 7.41. The first-order valence-electron chi connectivity index (χ1n) is 2.58. The van der Waals surface area contributed by atoms with E-state index >= 15 is 0 Å². The van der Waals surface area contributed by atoms with E-state index in [1.54, 1.807) is 7.05 Å². The van der Waals surface area contributed by atoms with Crippen molar-refractivity contribution in [1.29, 1.82) is 0 Å². The molecule has 1 unspecified atom stereocenters. The molecule has 0 amide bonds. The van der Waals surface area contributed by atoms with Gasteiger partial charge in [0.2, 0.25) is 5.52 Å². The van der Waals surface area contributed by atoms with E-state index in [9.17, 15) is 4.79 Å². The fourth-order valence-corrected chi connectivity index (χ4v) is 0.746. The number of hydrogen-bond acceptors (Lipinski definition) is 4. The van der Waals surface area contributed by atoms with Crippen molar-refractivity contribution in [2.45, 2.75) is 0 Å². The fraction of sp³-hybridized carbons (Fsp3) is 0.250. The van der Waals surface area contributed by atoms with Crippen LogP contribution in [0.4, 0.5) is 5.82 Å². The van der Waals surface area contributed by atoms with Gasteiger partial charge >= 0.3 is 0 Å². The van der Waals surface area contributed by atoms with E-state index in [0.717, 1.165) is 0 Å². The van der Waals surface area contributed by atoms with Crippen molar-refractivity contribution in [2.24, 2.45) is 7.05 Å². The molecular weight excluding hydrogens is 151 g/mol. The predicted octanol–water partition coefficient (Wildman–Crippen LogP) is -0.587. The van der Waals surface area contributed by atoms with Crippen LogP contribution in [0.1, 0.15) is 10.5 Å². The number of aryl methyl sites for hydroxylation is 1. The lowest BCUT2D eigenvalue weighted by Gasteiger charge is -1.90. The van der Waals surface area contributed by atoms with E-state index < -0.39 is 0 Å². The maximum absolute atomic E-state index is 10.6. The number of nitrogens with zero attached hydrogens (tertiary/aromatic N) is 3. The molecule has 6 heteroatoms. The number of carbonyl (C=O) groups excluding carboxylic acids is 1. The second-order valence-electron chi connectivity index (χ2n) is 1.81. The average Bonchev–Trinajstić information content (AvgIpc) is 2.14. The highest BCUT2D eigenvalue weighted by atomic mass is 31.0. The van der Waals surface area contributed by atoms with Crippen LogP contribution in [-0.2, 0) is 7.05 Å². The highest BCUT2D eigenvalue weighted by Crippen LogP contribution is 2.09. The number of nitrogens with two attached hydrogens (primary N) is 1. The second kappa shape index (κ2) is 2.34. The molecule has 2 N–H and O–H groups in total. The summed E-state index contributed by atoms with van der Waals surface area (Å²) in [5.41, 5.74) is 5.36. The zero-order valence-corrected chi connectivity index (χ0v) is 6.56. The van der Waals surface area contributed by atoms with Crippen LogP contribution in [0.5, 0.6) is 0 Å². The molecule has 0 bridgehead atoms. The lowest BCUT2D eigenvalue weighted by molar-refractivity contribution is 0.108. The summed E-state index contributed by atoms with van der Waals surface area (Å²) in [7, 11) is 3.61. The molecule has 0 radical (unpaired) electrons. The highest BCUT2D eigenvalue weighted by Gasteiger charge is 2.10. The van der Waals surface area contributed by atoms with E-state index in [1.165, 1.54) is 4.68 Å². The van der Waals surface area contributed by atoms with Crippen LogP contribution in [-0.4, -0.2) is 20.5 Å². The van der Waals surface area contributed by atoms with Crippen molar-refractivity contribution in [3.8, 4) is 0 Å². The van der Waals surface area contributed by atoms with Gasteiger partial charge in [-0.1, -0.05) is 14.5 Å². The van der Waals surface area contributed by atoms with Crippen LogP contribution < -0.4 is 5.73 Å². The van der Waals surface area contributed by atoms with E-state index in [0.29, 0.717) is 5.82 Å². The summed E-state index contributed by atoms with van der Waals surface area (Å²) in [4.78, 5) is 10.6. The van der Waals surface area contributed by atoms with Crippen molar-refractivity contribution in [2.75, 3.05) is 5.73 Å². The van der Waals surface area contributed by atoms with Crippen LogP contribution in [0.2, 0.25) is 0 Å². The summed E-state index contributed by atoms with van der Waals surface area (Å²) in [5, 5.41) is 7.08. The Morgan fingerprint density at radius 2 is 2.40 bits per heavy atom. The lowest BCUT2D eigenvalue weighted by Crippen LogP contribution is -2.00. The van der Waals surface area contributed by atoms with Gasteiger partial charge in [0.25, 0.3) is 0 Å². The van der Waals surface area contributed by atoms with E-state index in [2.05, 4.69) is 10.3 Å². The first-order chi connectivity index (χ1) is 4.63. The Morgan fingerprint density at radius 3 is 2.60 bits per heavy atom. The molecule has 10 heavy (non-hydrogen) atoms. The third kappa shape index (κ3) is 0.998. The van der Waals surface area contributed by atoms with Crippen LogP contribution in [0.3, 0.4) is 0 Å². The van der Waals surface area contributed by atoms with Gasteiger partial charge in [-0.05, 0) is 0 Å². The Balaban J connectivity index is 3.17. The number of hydrogen-bond donors (Lipinski definition) is 1. The molecular formula is C4H7N4OP. The summed E-state index contributed by atoms with van der Waals surface area (Å²) >= 11 is 0. The standard InChI is InChI=1S/C4H7N4OP/c1-8-3(5)2(4(9)10)6-7-8/h5,10H2,1H3. The predicted molar refractivity (Wildman–Crippen MR) is 39.5 cm³/mol. The molecule has 0 fully saturated rings. The van der Waals surface area contributed by atoms with E-state index in [-0.39, 0.29) is 11.2 Å². The number of anilines is 1. The molecule has 0 aromatic carbocycles. The summed E-state index contributed by atoms with van der Waals surface area (Å²) in [6.07, 6.45) is 0. The van der Waals surface area contributed by atoms with Gasteiger partial charge in [0, 0.05) is 7.05 Å². The summed E-state index contributed by atoms with van der Waals surface area (Å²) < 4.78 is 1.34. The number of carbonyl (C=O) groups is 1. The van der Waals surface area contributed by atoms with Crippen molar-refractivity contribution in [3.63, 3.8) is 0 Å². The molecule has 0 spiro atoms. The van der Waals surface area contributed by atoms with E-state index in [4.69, 9.17) is 5.73 Å². The van der Waals surface area contributed by atoms with Gasteiger partial charge < -0.3 is 5.73 Å². The van der Waals surface area contributed by atoms with Gasteiger partial charge in [-0.2, -0.15) is 0 Å². The van der Waals surface area contributed by atoms with Crippen molar-refractivity contribution < 1.29 is 4.79 Å². The molecule has 54 valence electrons. The Labute approximate surface area is 59.8 Å². The van der Waals surface area contributed by atoms with Gasteiger partial charge in [-0.15, -0.1) is 5.10 Å². The first-order valence-corrected chi connectivity index (χ1v) is 3.15. The molecule has 0 aliphatic heterocycles. The van der Waals surface area contributed by atoms with Crippen molar-refractivity contribution in [1.82, 2.24) is 15.0 Å². The Hall–Kier alpha value is -0.960. The van der Waals surface area contributed by atoms with Gasteiger partial charge in [-0.3, -0.25) is 4.79 Å². The average molecular weight is 158 g/mol. The Morgan fingerprint density at radius 1 is 1.80 bits per heavy atom. The quantitative estimate of drug-likeness (QED) is 0.554. The maximum Gasteiger partial charge on any atom is 0.201 e. The van der Waals surface area contributed by atoms with Crippen LogP contribution in [0.15, 0.2) is 0 Å². The molecule has 0 saturated heterocycles. The van der Waals surface area contributed by atoms with Crippen molar-refractivity contribution in [3.05, 3.63) is 5.69 Å². The largest absolute Gasteiger partial charge is 0.382 e. The minimum atomic E-state index is -0.245. The Kier molecular flexibility index (Phi) is 1.68. The Bertz CT molecular complexity index is 268. The molecule has 0 aliphatic rings. The molecule has 1 atom stereocenters. The van der Waals surface area contributed by atoms with Crippen LogP contribution in [0, 0.1) is 0 Å². The zero-order chi connectivity index (χ0) is 7.72. The molecule has 0 aliphatic carbocycles. The minimum Gasteiger partial charge on any atom is -0.382 e. The normalized spacial score (nSPS) is 9.80. The summed E-state index contributed by atoms with van der Waals surface area (Å²) in [5.74, 6) is 0.292. The third-order valence-electron chi connectivity index (χ3n) is 1.10. The number of nitrogen functional groups attached to an aromatic ring is 1. The van der Waals surface area contributed by atoms with Crippen LogP contribution >= 0.6 is 9.24 Å². The fourth-order valence-electron chi connectivity index (χ4n) is 0.540. The van der Waals surface area contributed by atoms with Gasteiger partial charge in [0.1, 0.15) is 0 Å². The first kappa shape index (κ1) is 7.15. The van der Waals surface area contributed by atoms with Gasteiger partial charge in [0.05, 0.1) is 0 Å². The third-order valence-corrected chi connectivity index (χ3v) is 1.38. The molecule has 1 aromatic rings. The monoisotopic (exact) mass is 158 g/mol. The number of aromatic nitrogens is 3. The zero-order valence-electron chi connectivity index (χ0n) is 5.40. The smallest absolute Gasteiger partial charge is 0.201 e.